The minimum atomic E-state index is -0.652. The number of benzene rings is 2. The van der Waals surface area contributed by atoms with Gasteiger partial charge in [-0.3, -0.25) is 9.48 Å². The zero-order chi connectivity index (χ0) is 19.0. The van der Waals surface area contributed by atoms with E-state index in [1.54, 1.807) is 42.6 Å². The molecular weight excluding hydrogens is 348 g/mol. The van der Waals surface area contributed by atoms with E-state index in [4.69, 9.17) is 16.2 Å². The van der Waals surface area contributed by atoms with Gasteiger partial charge in [0, 0.05) is 28.7 Å². The zero-order valence-electron chi connectivity index (χ0n) is 14.2. The Kier molecular flexibility index (Phi) is 4.05. The summed E-state index contributed by atoms with van der Waals surface area (Å²) in [5.41, 5.74) is 13.0. The van der Waals surface area contributed by atoms with Gasteiger partial charge in [-0.2, -0.15) is 10.1 Å². The van der Waals surface area contributed by atoms with Gasteiger partial charge in [0.25, 0.3) is 5.91 Å². The van der Waals surface area contributed by atoms with Crippen LogP contribution in [-0.4, -0.2) is 37.4 Å². The molecule has 1 amide bonds. The van der Waals surface area contributed by atoms with Crippen LogP contribution >= 0.6 is 0 Å². The topological polar surface area (TPSA) is 142 Å². The Hall–Kier alpha value is -3.72. The third-order valence-electron chi connectivity index (χ3n) is 4.05. The minimum absolute atomic E-state index is 0.122. The zero-order valence-corrected chi connectivity index (χ0v) is 14.2. The number of fused-ring (bicyclic) bond motifs is 3. The number of amides is 1. The van der Waals surface area contributed by atoms with Crippen LogP contribution < -0.4 is 16.2 Å². The van der Waals surface area contributed by atoms with Gasteiger partial charge in [-0.25, -0.2) is 4.98 Å². The lowest BCUT2D eigenvalue weighted by Crippen LogP contribution is -2.13. The second-order valence-electron chi connectivity index (χ2n) is 5.89. The average molecular weight is 364 g/mol. The van der Waals surface area contributed by atoms with Crippen molar-refractivity contribution in [2.75, 3.05) is 12.3 Å². The van der Waals surface area contributed by atoms with Crippen LogP contribution in [0.15, 0.2) is 42.6 Å². The summed E-state index contributed by atoms with van der Waals surface area (Å²) in [6.07, 6.45) is 1.61. The number of anilines is 1. The number of aromatic nitrogens is 4. The maximum Gasteiger partial charge on any atom is 0.322 e. The number of nitrogens with zero attached hydrogens (tertiary/aromatic N) is 4. The molecule has 0 saturated heterocycles. The summed E-state index contributed by atoms with van der Waals surface area (Å²) >= 11 is 0. The minimum Gasteiger partial charge on any atom is -0.424 e. The molecule has 0 fully saturated rings. The number of carbonyl (C=O) groups is 1. The van der Waals surface area contributed by atoms with Gasteiger partial charge in [0.2, 0.25) is 0 Å². The number of rotatable bonds is 5. The van der Waals surface area contributed by atoms with E-state index in [-0.39, 0.29) is 24.9 Å². The van der Waals surface area contributed by atoms with Crippen LogP contribution in [-0.2, 0) is 6.54 Å². The van der Waals surface area contributed by atoms with Crippen LogP contribution in [0.1, 0.15) is 10.5 Å². The van der Waals surface area contributed by atoms with Crippen LogP contribution in [0.3, 0.4) is 0 Å². The molecule has 0 bridgehead atoms. The summed E-state index contributed by atoms with van der Waals surface area (Å²) in [4.78, 5) is 20.4. The molecule has 2 heterocycles. The van der Waals surface area contributed by atoms with E-state index < -0.39 is 5.91 Å². The summed E-state index contributed by atoms with van der Waals surface area (Å²) in [5, 5.41) is 14.8. The molecule has 0 aliphatic heterocycles. The molecule has 0 radical (unpaired) electrons. The Balaban J connectivity index is 1.90. The number of ether oxygens (including phenoxy) is 1. The normalized spacial score (nSPS) is 11.1. The van der Waals surface area contributed by atoms with Crippen molar-refractivity contribution in [3.05, 3.63) is 48.3 Å². The summed E-state index contributed by atoms with van der Waals surface area (Å²) in [6, 6.07) is 10.6. The number of hydrogen-bond acceptors (Lipinski definition) is 7. The van der Waals surface area contributed by atoms with Crippen LogP contribution in [0.2, 0.25) is 0 Å². The van der Waals surface area contributed by atoms with Crippen molar-refractivity contribution in [3.8, 4) is 11.8 Å². The molecule has 136 valence electrons. The molecule has 4 rings (SSSR count). The first kappa shape index (κ1) is 16.7. The lowest BCUT2D eigenvalue weighted by Gasteiger charge is -2.07. The van der Waals surface area contributed by atoms with Crippen LogP contribution in [0, 0.1) is 0 Å². The number of hydrogen-bond donors (Lipinski definition) is 3. The van der Waals surface area contributed by atoms with E-state index in [0.717, 1.165) is 5.39 Å². The van der Waals surface area contributed by atoms with Gasteiger partial charge in [0.1, 0.15) is 11.3 Å². The molecule has 27 heavy (non-hydrogen) atoms. The standard InChI is InChI=1S/C18H16N6O3/c19-11-2-1-3-12(8-11)27-18-21-9-10-4-5-13-15(17(20)26)23-24(6-7-25)16(13)14(10)22-18/h1-5,8-9,25H,6-7,19H2,(H2,20,26). The van der Waals surface area contributed by atoms with Crippen molar-refractivity contribution in [2.24, 2.45) is 5.73 Å². The van der Waals surface area contributed by atoms with Crippen LogP contribution in [0.25, 0.3) is 21.8 Å². The number of aliphatic hydroxyl groups excluding tert-OH is 1. The second kappa shape index (κ2) is 6.54. The molecule has 4 aromatic rings. The third-order valence-corrected chi connectivity index (χ3v) is 4.05. The molecular formula is C18H16N6O3. The SMILES string of the molecule is NC(=O)c1nn(CCO)c2c1ccc1cnc(Oc3cccc(N)c3)nc12. The number of nitrogens with two attached hydrogens (primary N) is 2. The van der Waals surface area contributed by atoms with Gasteiger partial charge in [-0.1, -0.05) is 12.1 Å². The quantitative estimate of drug-likeness (QED) is 0.455. The molecule has 0 atom stereocenters. The van der Waals surface area contributed by atoms with E-state index in [9.17, 15) is 9.90 Å². The Morgan fingerprint density at radius 2 is 2.11 bits per heavy atom. The van der Waals surface area contributed by atoms with Gasteiger partial charge >= 0.3 is 6.01 Å². The van der Waals surface area contributed by atoms with E-state index in [1.807, 2.05) is 0 Å². The van der Waals surface area contributed by atoms with Gasteiger partial charge in [0.05, 0.1) is 18.7 Å². The summed E-state index contributed by atoms with van der Waals surface area (Å²) < 4.78 is 7.21. The summed E-state index contributed by atoms with van der Waals surface area (Å²) in [7, 11) is 0. The van der Waals surface area contributed by atoms with Gasteiger partial charge < -0.3 is 21.3 Å². The van der Waals surface area contributed by atoms with Crippen molar-refractivity contribution >= 4 is 33.4 Å². The first-order valence-electron chi connectivity index (χ1n) is 8.17. The van der Waals surface area contributed by atoms with Crippen molar-refractivity contribution < 1.29 is 14.6 Å². The smallest absolute Gasteiger partial charge is 0.322 e. The predicted octanol–water partition coefficient (Wildman–Crippen LogP) is 1.45. The molecule has 9 heteroatoms. The highest BCUT2D eigenvalue weighted by atomic mass is 16.5. The molecule has 0 aliphatic rings. The number of primary amides is 1. The van der Waals surface area contributed by atoms with E-state index in [2.05, 4.69) is 15.1 Å². The molecule has 2 aromatic carbocycles. The Bertz CT molecular complexity index is 1170. The number of nitrogen functional groups attached to an aromatic ring is 1. The first-order valence-corrected chi connectivity index (χ1v) is 8.17. The average Bonchev–Trinajstić information content (AvgIpc) is 3.01. The molecule has 0 spiro atoms. The third kappa shape index (κ3) is 3.00. The van der Waals surface area contributed by atoms with E-state index >= 15 is 0 Å². The van der Waals surface area contributed by atoms with E-state index in [1.165, 1.54) is 4.68 Å². The Morgan fingerprint density at radius 3 is 2.85 bits per heavy atom. The highest BCUT2D eigenvalue weighted by Gasteiger charge is 2.18. The summed E-state index contributed by atoms with van der Waals surface area (Å²) in [6.45, 7) is 0.0431. The molecule has 9 nitrogen and oxygen atoms in total. The molecule has 0 unspecified atom stereocenters. The van der Waals surface area contributed by atoms with Crippen LogP contribution in [0.5, 0.6) is 11.8 Å². The molecule has 0 aliphatic carbocycles. The lowest BCUT2D eigenvalue weighted by atomic mass is 10.1. The Labute approximate surface area is 153 Å². The highest BCUT2D eigenvalue weighted by molar-refractivity contribution is 6.11. The van der Waals surface area contributed by atoms with Crippen molar-refractivity contribution in [1.29, 1.82) is 0 Å². The fourth-order valence-electron chi connectivity index (χ4n) is 2.91. The molecule has 2 aromatic heterocycles. The van der Waals surface area contributed by atoms with Gasteiger partial charge in [0.15, 0.2) is 5.69 Å². The lowest BCUT2D eigenvalue weighted by molar-refractivity contribution is 0.0996. The van der Waals surface area contributed by atoms with E-state index in [0.29, 0.717) is 27.9 Å². The maximum atomic E-state index is 11.7. The Morgan fingerprint density at radius 1 is 1.26 bits per heavy atom. The highest BCUT2D eigenvalue weighted by Crippen LogP contribution is 2.28. The molecule has 0 saturated carbocycles. The maximum absolute atomic E-state index is 11.7. The van der Waals surface area contributed by atoms with Crippen molar-refractivity contribution in [1.82, 2.24) is 19.7 Å². The van der Waals surface area contributed by atoms with Crippen molar-refractivity contribution in [2.45, 2.75) is 6.54 Å². The first-order chi connectivity index (χ1) is 13.1. The van der Waals surface area contributed by atoms with Crippen molar-refractivity contribution in [3.63, 3.8) is 0 Å². The molecule has 5 N–H and O–H groups in total. The number of aliphatic hydroxyl groups is 1. The largest absolute Gasteiger partial charge is 0.424 e. The van der Waals surface area contributed by atoms with Gasteiger partial charge in [-0.15, -0.1) is 0 Å². The fraction of sp³-hybridized carbons (Fsp3) is 0.111. The number of carbonyl (C=O) groups excluding carboxylic acids is 1. The van der Waals surface area contributed by atoms with Gasteiger partial charge in [-0.05, 0) is 18.2 Å². The second-order valence-corrected chi connectivity index (χ2v) is 5.89. The summed E-state index contributed by atoms with van der Waals surface area (Å²) in [5.74, 6) is -0.149. The predicted molar refractivity (Wildman–Crippen MR) is 99.4 cm³/mol. The fourth-order valence-corrected chi connectivity index (χ4v) is 2.91. The monoisotopic (exact) mass is 364 g/mol. The van der Waals surface area contributed by atoms with Crippen LogP contribution in [0.4, 0.5) is 5.69 Å².